The maximum absolute atomic E-state index is 4.72. The Morgan fingerprint density at radius 2 is 1.74 bits per heavy atom. The molecule has 0 atom stereocenters. The summed E-state index contributed by atoms with van der Waals surface area (Å²) in [6.07, 6.45) is 4.94. The summed E-state index contributed by atoms with van der Waals surface area (Å²) >= 11 is 0. The zero-order valence-electron chi connectivity index (χ0n) is 13.0. The predicted octanol–water partition coefficient (Wildman–Crippen LogP) is 3.52. The van der Waals surface area contributed by atoms with E-state index in [-0.39, 0.29) is 0 Å². The Hall–Kier alpha value is -1.09. The SMILES string of the molecule is CCCCN(CCCC)c1cc(CNC)cc(C)n1. The van der Waals surface area contributed by atoms with E-state index in [0.29, 0.717) is 0 Å². The van der Waals surface area contributed by atoms with E-state index < -0.39 is 0 Å². The van der Waals surface area contributed by atoms with Gasteiger partial charge in [-0.1, -0.05) is 26.7 Å². The first kappa shape index (κ1) is 16.0. The normalized spacial score (nSPS) is 10.7. The quantitative estimate of drug-likeness (QED) is 0.739. The van der Waals surface area contributed by atoms with Gasteiger partial charge in [-0.2, -0.15) is 0 Å². The predicted molar refractivity (Wildman–Crippen MR) is 83.8 cm³/mol. The van der Waals surface area contributed by atoms with Crippen LogP contribution in [0.2, 0.25) is 0 Å². The zero-order valence-corrected chi connectivity index (χ0v) is 13.0. The molecule has 3 nitrogen and oxygen atoms in total. The molecular weight excluding hydrogens is 234 g/mol. The topological polar surface area (TPSA) is 28.2 Å². The van der Waals surface area contributed by atoms with Gasteiger partial charge < -0.3 is 10.2 Å². The Kier molecular flexibility index (Phi) is 7.49. The summed E-state index contributed by atoms with van der Waals surface area (Å²) < 4.78 is 0. The van der Waals surface area contributed by atoms with Crippen molar-refractivity contribution in [3.63, 3.8) is 0 Å². The Morgan fingerprint density at radius 1 is 1.11 bits per heavy atom. The summed E-state index contributed by atoms with van der Waals surface area (Å²) in [6.45, 7) is 9.71. The lowest BCUT2D eigenvalue weighted by molar-refractivity contribution is 0.669. The fourth-order valence-electron chi connectivity index (χ4n) is 2.23. The number of nitrogens with zero attached hydrogens (tertiary/aromatic N) is 2. The van der Waals surface area contributed by atoms with Gasteiger partial charge in [0.15, 0.2) is 0 Å². The van der Waals surface area contributed by atoms with Gasteiger partial charge in [0.25, 0.3) is 0 Å². The van der Waals surface area contributed by atoms with Gasteiger partial charge in [0.2, 0.25) is 0 Å². The third kappa shape index (κ3) is 5.60. The fourth-order valence-corrected chi connectivity index (χ4v) is 2.23. The molecule has 0 fully saturated rings. The monoisotopic (exact) mass is 263 g/mol. The fraction of sp³-hybridized carbons (Fsp3) is 0.688. The third-order valence-electron chi connectivity index (χ3n) is 3.27. The van der Waals surface area contributed by atoms with Crippen molar-refractivity contribution in [3.05, 3.63) is 23.4 Å². The number of aryl methyl sites for hydroxylation is 1. The molecule has 108 valence electrons. The second-order valence-electron chi connectivity index (χ2n) is 5.20. The molecule has 1 aromatic rings. The highest BCUT2D eigenvalue weighted by Gasteiger charge is 2.09. The van der Waals surface area contributed by atoms with Gasteiger partial charge in [-0.3, -0.25) is 0 Å². The molecule has 1 aromatic heterocycles. The van der Waals surface area contributed by atoms with Gasteiger partial charge in [0, 0.05) is 25.3 Å². The number of hydrogen-bond acceptors (Lipinski definition) is 3. The Labute approximate surface area is 118 Å². The molecule has 0 bridgehead atoms. The van der Waals surface area contributed by atoms with Crippen LogP contribution in [0.4, 0.5) is 5.82 Å². The summed E-state index contributed by atoms with van der Waals surface area (Å²) in [4.78, 5) is 7.16. The Balaban J connectivity index is 2.85. The Bertz CT molecular complexity index is 355. The first-order chi connectivity index (χ1) is 9.21. The van der Waals surface area contributed by atoms with Crippen LogP contribution in [-0.2, 0) is 6.54 Å². The second kappa shape index (κ2) is 8.92. The van der Waals surface area contributed by atoms with Crippen LogP contribution in [0.25, 0.3) is 0 Å². The number of nitrogens with one attached hydrogen (secondary N) is 1. The van der Waals surface area contributed by atoms with Crippen LogP contribution < -0.4 is 10.2 Å². The van der Waals surface area contributed by atoms with E-state index in [2.05, 4.69) is 43.1 Å². The summed E-state index contributed by atoms with van der Waals surface area (Å²) in [5.41, 5.74) is 2.43. The molecule has 0 aliphatic carbocycles. The maximum atomic E-state index is 4.72. The number of pyridine rings is 1. The van der Waals surface area contributed by atoms with Crippen molar-refractivity contribution >= 4 is 5.82 Å². The average Bonchev–Trinajstić information content (AvgIpc) is 2.38. The van der Waals surface area contributed by atoms with Crippen LogP contribution in [0.3, 0.4) is 0 Å². The van der Waals surface area contributed by atoms with Crippen LogP contribution in [0.1, 0.15) is 50.8 Å². The molecular formula is C16H29N3. The van der Waals surface area contributed by atoms with Gasteiger partial charge in [0.05, 0.1) is 0 Å². The molecule has 0 saturated heterocycles. The lowest BCUT2D eigenvalue weighted by Gasteiger charge is -2.24. The standard InChI is InChI=1S/C16H29N3/c1-5-7-9-19(10-8-6-2)16-12-15(13-17-4)11-14(3)18-16/h11-12,17H,5-10,13H2,1-4H3. The maximum Gasteiger partial charge on any atom is 0.129 e. The molecule has 0 aliphatic heterocycles. The van der Waals surface area contributed by atoms with Gasteiger partial charge in [-0.25, -0.2) is 4.98 Å². The van der Waals surface area contributed by atoms with Crippen molar-refractivity contribution in [1.29, 1.82) is 0 Å². The van der Waals surface area contributed by atoms with E-state index in [9.17, 15) is 0 Å². The molecule has 0 spiro atoms. The van der Waals surface area contributed by atoms with E-state index in [0.717, 1.165) is 31.1 Å². The number of aromatic nitrogens is 1. The number of rotatable bonds is 9. The molecule has 0 unspecified atom stereocenters. The van der Waals surface area contributed by atoms with Gasteiger partial charge in [0.1, 0.15) is 5.82 Å². The summed E-state index contributed by atoms with van der Waals surface area (Å²) in [5.74, 6) is 1.15. The van der Waals surface area contributed by atoms with E-state index in [1.807, 2.05) is 7.05 Å². The number of unbranched alkanes of at least 4 members (excludes halogenated alkanes) is 2. The molecule has 3 heteroatoms. The zero-order chi connectivity index (χ0) is 14.1. The van der Waals surface area contributed by atoms with Crippen LogP contribution in [-0.4, -0.2) is 25.1 Å². The highest BCUT2D eigenvalue weighted by atomic mass is 15.2. The lowest BCUT2D eigenvalue weighted by atomic mass is 10.2. The van der Waals surface area contributed by atoms with Crippen molar-refractivity contribution in [1.82, 2.24) is 10.3 Å². The van der Waals surface area contributed by atoms with Crippen LogP contribution in [0.5, 0.6) is 0 Å². The molecule has 0 amide bonds. The van der Waals surface area contributed by atoms with Crippen molar-refractivity contribution in [2.75, 3.05) is 25.0 Å². The summed E-state index contributed by atoms with van der Waals surface area (Å²) in [6, 6.07) is 4.40. The lowest BCUT2D eigenvalue weighted by Crippen LogP contribution is -2.27. The molecule has 1 rings (SSSR count). The minimum atomic E-state index is 0.908. The summed E-state index contributed by atoms with van der Waals surface area (Å²) in [7, 11) is 1.99. The molecule has 0 aromatic carbocycles. The van der Waals surface area contributed by atoms with E-state index in [1.165, 1.54) is 31.2 Å². The van der Waals surface area contributed by atoms with Crippen LogP contribution in [0, 0.1) is 6.92 Å². The van der Waals surface area contributed by atoms with Crippen molar-refractivity contribution in [2.24, 2.45) is 0 Å². The Morgan fingerprint density at radius 3 is 2.26 bits per heavy atom. The highest BCUT2D eigenvalue weighted by molar-refractivity contribution is 5.42. The van der Waals surface area contributed by atoms with Gasteiger partial charge in [-0.15, -0.1) is 0 Å². The second-order valence-corrected chi connectivity index (χ2v) is 5.20. The minimum absolute atomic E-state index is 0.908. The van der Waals surface area contributed by atoms with E-state index >= 15 is 0 Å². The molecule has 1 N–H and O–H groups in total. The van der Waals surface area contributed by atoms with Crippen molar-refractivity contribution < 1.29 is 0 Å². The minimum Gasteiger partial charge on any atom is -0.357 e. The molecule has 1 heterocycles. The van der Waals surface area contributed by atoms with Crippen LogP contribution in [0.15, 0.2) is 12.1 Å². The average molecular weight is 263 g/mol. The van der Waals surface area contributed by atoms with Crippen molar-refractivity contribution in [3.8, 4) is 0 Å². The summed E-state index contributed by atoms with van der Waals surface area (Å²) in [5, 5.41) is 3.22. The molecule has 0 radical (unpaired) electrons. The van der Waals surface area contributed by atoms with E-state index in [1.54, 1.807) is 0 Å². The third-order valence-corrected chi connectivity index (χ3v) is 3.27. The first-order valence-corrected chi connectivity index (χ1v) is 7.58. The molecule has 0 aliphatic rings. The van der Waals surface area contributed by atoms with Gasteiger partial charge >= 0.3 is 0 Å². The number of anilines is 1. The highest BCUT2D eigenvalue weighted by Crippen LogP contribution is 2.16. The van der Waals surface area contributed by atoms with Gasteiger partial charge in [-0.05, 0) is 44.5 Å². The molecule has 19 heavy (non-hydrogen) atoms. The van der Waals surface area contributed by atoms with Crippen LogP contribution >= 0.6 is 0 Å². The number of hydrogen-bond donors (Lipinski definition) is 1. The van der Waals surface area contributed by atoms with Crippen molar-refractivity contribution in [2.45, 2.75) is 53.0 Å². The largest absolute Gasteiger partial charge is 0.357 e. The van der Waals surface area contributed by atoms with E-state index in [4.69, 9.17) is 4.98 Å². The first-order valence-electron chi connectivity index (χ1n) is 7.58. The molecule has 0 saturated carbocycles. The smallest absolute Gasteiger partial charge is 0.129 e.